The topological polar surface area (TPSA) is 32.8 Å². The molecule has 3 rings (SSSR count). The van der Waals surface area contributed by atoms with Gasteiger partial charge < -0.3 is 4.74 Å². The van der Waals surface area contributed by atoms with E-state index in [1.807, 2.05) is 25.7 Å². The fourth-order valence-corrected chi connectivity index (χ4v) is 4.00. The van der Waals surface area contributed by atoms with Crippen LogP contribution >= 0.6 is 0 Å². The molecule has 4 nitrogen and oxygen atoms in total. The lowest BCUT2D eigenvalue weighted by Crippen LogP contribution is -2.44. The van der Waals surface area contributed by atoms with E-state index in [-0.39, 0.29) is 11.6 Å². The number of carbonyl (C=O) groups is 1. The second-order valence-electron chi connectivity index (χ2n) is 9.62. The summed E-state index contributed by atoms with van der Waals surface area (Å²) < 4.78 is 5.68. The number of hydrogen-bond acceptors (Lipinski definition) is 3. The van der Waals surface area contributed by atoms with Crippen molar-refractivity contribution >= 4 is 11.8 Å². The normalized spacial score (nSPS) is 22.9. The van der Waals surface area contributed by atoms with Crippen LogP contribution in [0.25, 0.3) is 5.70 Å². The molecule has 2 aliphatic rings. The van der Waals surface area contributed by atoms with Crippen LogP contribution in [0.1, 0.15) is 64.7 Å². The maximum atomic E-state index is 12.8. The van der Waals surface area contributed by atoms with Crippen molar-refractivity contribution in [2.45, 2.75) is 65.5 Å². The number of nitrogens with zero attached hydrogens (tertiary/aromatic N) is 2. The Hall–Kier alpha value is -1.81. The quantitative estimate of drug-likeness (QED) is 0.695. The number of carbonyl (C=O) groups excluding carboxylic acids is 1. The van der Waals surface area contributed by atoms with Crippen molar-refractivity contribution in [1.82, 2.24) is 9.80 Å². The number of fused-ring (bicyclic) bond motifs is 1. The van der Waals surface area contributed by atoms with Gasteiger partial charge in [-0.05, 0) is 83.2 Å². The maximum absolute atomic E-state index is 12.8. The Kier molecular flexibility index (Phi) is 5.15. The van der Waals surface area contributed by atoms with Crippen molar-refractivity contribution in [2.24, 2.45) is 5.92 Å². The zero-order valence-corrected chi connectivity index (χ0v) is 17.9. The molecule has 1 aromatic rings. The highest BCUT2D eigenvalue weighted by Gasteiger charge is 2.33. The molecule has 0 N–H and O–H groups in total. The smallest absolute Gasteiger partial charge is 0.414 e. The molecule has 0 saturated carbocycles. The van der Waals surface area contributed by atoms with Crippen LogP contribution in [0, 0.1) is 5.92 Å². The van der Waals surface area contributed by atoms with Crippen LogP contribution in [0.5, 0.6) is 0 Å². The fraction of sp³-hybridized carbons (Fsp3) is 0.609. The van der Waals surface area contributed by atoms with Crippen LogP contribution < -0.4 is 0 Å². The van der Waals surface area contributed by atoms with Crippen LogP contribution in [0.3, 0.4) is 0 Å². The highest BCUT2D eigenvalue weighted by atomic mass is 16.6. The minimum absolute atomic E-state index is 0.0342. The van der Waals surface area contributed by atoms with Gasteiger partial charge in [-0.1, -0.05) is 25.1 Å². The van der Waals surface area contributed by atoms with Crippen LogP contribution in [-0.4, -0.2) is 41.6 Å². The van der Waals surface area contributed by atoms with E-state index in [0.29, 0.717) is 12.5 Å². The molecule has 0 fully saturated rings. The van der Waals surface area contributed by atoms with Crippen molar-refractivity contribution in [3.05, 3.63) is 41.0 Å². The number of ether oxygens (including phenoxy) is 1. The summed E-state index contributed by atoms with van der Waals surface area (Å²) in [7, 11) is 2.19. The van der Waals surface area contributed by atoms with Gasteiger partial charge in [0.25, 0.3) is 0 Å². The van der Waals surface area contributed by atoms with E-state index in [4.69, 9.17) is 4.74 Å². The number of hydrogen-bond donors (Lipinski definition) is 0. The van der Waals surface area contributed by atoms with Crippen molar-refractivity contribution in [1.29, 1.82) is 0 Å². The summed E-state index contributed by atoms with van der Waals surface area (Å²) in [6, 6.07) is 6.69. The zero-order valence-electron chi connectivity index (χ0n) is 17.9. The van der Waals surface area contributed by atoms with E-state index < -0.39 is 5.60 Å². The molecule has 148 valence electrons. The van der Waals surface area contributed by atoms with Crippen LogP contribution in [0.2, 0.25) is 0 Å². The first-order chi connectivity index (χ1) is 12.5. The van der Waals surface area contributed by atoms with Gasteiger partial charge in [-0.15, -0.1) is 0 Å². The van der Waals surface area contributed by atoms with Crippen molar-refractivity contribution < 1.29 is 9.53 Å². The molecule has 27 heavy (non-hydrogen) atoms. The Morgan fingerprint density at radius 1 is 1.26 bits per heavy atom. The summed E-state index contributed by atoms with van der Waals surface area (Å²) >= 11 is 0. The van der Waals surface area contributed by atoms with Gasteiger partial charge >= 0.3 is 6.09 Å². The third-order valence-electron chi connectivity index (χ3n) is 5.84. The largest absolute Gasteiger partial charge is 0.443 e. The van der Waals surface area contributed by atoms with Gasteiger partial charge in [0.2, 0.25) is 0 Å². The lowest BCUT2D eigenvalue weighted by molar-refractivity contribution is 0.0327. The van der Waals surface area contributed by atoms with E-state index in [9.17, 15) is 4.79 Å². The molecule has 0 aromatic heterocycles. The molecule has 4 heteroatoms. The molecule has 1 aromatic carbocycles. The molecule has 2 aliphatic heterocycles. The Bertz CT molecular complexity index is 758. The summed E-state index contributed by atoms with van der Waals surface area (Å²) in [5, 5.41) is 0. The first-order valence-corrected chi connectivity index (χ1v) is 10.0. The Morgan fingerprint density at radius 2 is 1.96 bits per heavy atom. The van der Waals surface area contributed by atoms with Crippen molar-refractivity contribution in [3.63, 3.8) is 0 Å². The number of likely N-dealkylation sites (N-methyl/N-ethyl adjacent to an activating group) is 1. The average Bonchev–Trinajstić information content (AvgIpc) is 2.56. The van der Waals surface area contributed by atoms with E-state index >= 15 is 0 Å². The van der Waals surface area contributed by atoms with E-state index in [0.717, 1.165) is 30.6 Å². The van der Waals surface area contributed by atoms with Crippen LogP contribution in [0.15, 0.2) is 24.3 Å². The van der Waals surface area contributed by atoms with Gasteiger partial charge in [0.1, 0.15) is 5.60 Å². The third kappa shape index (κ3) is 4.06. The predicted octanol–water partition coefficient (Wildman–Crippen LogP) is 5.03. The third-order valence-corrected chi connectivity index (χ3v) is 5.84. The zero-order chi connectivity index (χ0) is 20.0. The molecule has 0 radical (unpaired) electrons. The summed E-state index contributed by atoms with van der Waals surface area (Å²) in [6.07, 6.45) is 3.97. The molecule has 0 unspecified atom stereocenters. The molecule has 2 heterocycles. The number of allylic oxidation sites excluding steroid dienone is 1. The molecule has 1 amide bonds. The minimum Gasteiger partial charge on any atom is -0.443 e. The standard InChI is InChI=1S/C23H34N2O2/c1-16-8-11-20(25(15-16)21(26)27-22(2,3)4)18-9-10-19-17(14-18)12-13-24(7)23(19,5)6/h9-11,14,16H,8,12-13,15H2,1-7H3/t16-/m0/s1. The van der Waals surface area contributed by atoms with Crippen LogP contribution in [0.4, 0.5) is 4.79 Å². The summed E-state index contributed by atoms with van der Waals surface area (Å²) in [6.45, 7) is 14.2. The SMILES string of the molecule is C[C@H]1CC=C(c2ccc3c(c2)CCN(C)C3(C)C)N(C(=O)OC(C)(C)C)C1. The van der Waals surface area contributed by atoms with E-state index in [1.165, 1.54) is 11.1 Å². The Morgan fingerprint density at radius 3 is 2.63 bits per heavy atom. The molecular weight excluding hydrogens is 336 g/mol. The second kappa shape index (κ2) is 6.97. The molecule has 0 bridgehead atoms. The van der Waals surface area contributed by atoms with Gasteiger partial charge in [-0.3, -0.25) is 9.80 Å². The van der Waals surface area contributed by atoms with Gasteiger partial charge in [-0.25, -0.2) is 4.79 Å². The number of benzene rings is 1. The molecular formula is C23H34N2O2. The van der Waals surface area contributed by atoms with Crippen molar-refractivity contribution in [2.75, 3.05) is 20.1 Å². The first-order valence-electron chi connectivity index (χ1n) is 10.0. The molecule has 0 aliphatic carbocycles. The second-order valence-corrected chi connectivity index (χ2v) is 9.62. The predicted molar refractivity (Wildman–Crippen MR) is 111 cm³/mol. The summed E-state index contributed by atoms with van der Waals surface area (Å²) in [5.41, 5.74) is 4.42. The molecule has 0 saturated heterocycles. The van der Waals surface area contributed by atoms with Gasteiger partial charge in [0, 0.05) is 18.6 Å². The number of rotatable bonds is 1. The van der Waals surface area contributed by atoms with Gasteiger partial charge in [0.15, 0.2) is 0 Å². The van der Waals surface area contributed by atoms with E-state index in [1.54, 1.807) is 0 Å². The molecule has 0 spiro atoms. The highest BCUT2D eigenvalue weighted by molar-refractivity contribution is 5.83. The summed E-state index contributed by atoms with van der Waals surface area (Å²) in [5.74, 6) is 0.437. The highest BCUT2D eigenvalue weighted by Crippen LogP contribution is 2.37. The lowest BCUT2D eigenvalue weighted by Gasteiger charge is -2.42. The summed E-state index contributed by atoms with van der Waals surface area (Å²) in [4.78, 5) is 17.1. The van der Waals surface area contributed by atoms with E-state index in [2.05, 4.69) is 57.0 Å². The Balaban J connectivity index is 1.95. The minimum atomic E-state index is -0.493. The van der Waals surface area contributed by atoms with Crippen molar-refractivity contribution in [3.8, 4) is 0 Å². The average molecular weight is 371 g/mol. The first kappa shape index (κ1) is 19.9. The number of amides is 1. The van der Waals surface area contributed by atoms with Gasteiger partial charge in [-0.2, -0.15) is 0 Å². The lowest BCUT2D eigenvalue weighted by atomic mass is 9.82. The monoisotopic (exact) mass is 370 g/mol. The maximum Gasteiger partial charge on any atom is 0.414 e. The molecule has 1 atom stereocenters. The Labute approximate surface area is 164 Å². The van der Waals surface area contributed by atoms with Crippen LogP contribution in [-0.2, 0) is 16.7 Å². The van der Waals surface area contributed by atoms with Gasteiger partial charge in [0.05, 0.1) is 5.70 Å². The fourth-order valence-electron chi connectivity index (χ4n) is 4.00.